The number of hydrogen-bond acceptors (Lipinski definition) is 5. The highest BCUT2D eigenvalue weighted by molar-refractivity contribution is 7.15. The fourth-order valence-corrected chi connectivity index (χ4v) is 2.49. The highest BCUT2D eigenvalue weighted by atomic mass is 35.5. The fourth-order valence-electron chi connectivity index (χ4n) is 1.42. The molecule has 1 aromatic carbocycles. The highest BCUT2D eigenvalue weighted by Gasteiger charge is 2.18. The summed E-state index contributed by atoms with van der Waals surface area (Å²) >= 11 is 6.92. The molecule has 0 spiro atoms. The summed E-state index contributed by atoms with van der Waals surface area (Å²) in [5.41, 5.74) is 2.30. The van der Waals surface area contributed by atoms with Gasteiger partial charge in [-0.3, -0.25) is 0 Å². The van der Waals surface area contributed by atoms with Gasteiger partial charge in [0.05, 0.1) is 7.11 Å². The summed E-state index contributed by atoms with van der Waals surface area (Å²) < 4.78 is 10.2. The van der Waals surface area contributed by atoms with Crippen LogP contribution in [0.15, 0.2) is 18.2 Å². The molecule has 0 aliphatic carbocycles. The minimum Gasteiger partial charge on any atom is -0.465 e. The van der Waals surface area contributed by atoms with E-state index in [0.29, 0.717) is 10.9 Å². The van der Waals surface area contributed by atoms with E-state index in [0.717, 1.165) is 16.9 Å². The first-order valence-corrected chi connectivity index (χ1v) is 6.70. The van der Waals surface area contributed by atoms with Crippen LogP contribution in [0.4, 0.5) is 0 Å². The normalized spacial score (nSPS) is 10.3. The summed E-state index contributed by atoms with van der Waals surface area (Å²) in [6.07, 6.45) is 0. The molecule has 0 N–H and O–H groups in total. The van der Waals surface area contributed by atoms with Gasteiger partial charge in [-0.15, -0.1) is 0 Å². The topological polar surface area (TPSA) is 48.4 Å². The number of benzene rings is 1. The fraction of sp³-hybridized carbons (Fsp3) is 0.231. The average Bonchev–Trinajstić information content (AvgIpc) is 2.74. The summed E-state index contributed by atoms with van der Waals surface area (Å²) in [6.45, 7) is 4.02. The van der Waals surface area contributed by atoms with Crippen molar-refractivity contribution in [3.8, 4) is 10.9 Å². The molecule has 0 saturated heterocycles. The van der Waals surface area contributed by atoms with E-state index in [2.05, 4.69) is 9.72 Å². The van der Waals surface area contributed by atoms with Crippen molar-refractivity contribution >= 4 is 28.9 Å². The first kappa shape index (κ1) is 13.8. The van der Waals surface area contributed by atoms with E-state index in [-0.39, 0.29) is 10.0 Å². The molecule has 0 aliphatic rings. The van der Waals surface area contributed by atoms with Gasteiger partial charge in [-0.2, -0.15) is 4.98 Å². The number of ether oxygens (including phenoxy) is 2. The molecule has 0 atom stereocenters. The first-order chi connectivity index (χ1) is 9.01. The van der Waals surface area contributed by atoms with Crippen LogP contribution >= 0.6 is 22.9 Å². The summed E-state index contributed by atoms with van der Waals surface area (Å²) in [5.74, 6) is 0.141. The number of thiazole rings is 1. The van der Waals surface area contributed by atoms with Gasteiger partial charge in [0.25, 0.3) is 5.19 Å². The maximum absolute atomic E-state index is 11.4. The van der Waals surface area contributed by atoms with Gasteiger partial charge in [0, 0.05) is 0 Å². The summed E-state index contributed by atoms with van der Waals surface area (Å²) in [6, 6.07) is 5.71. The number of hydrogen-bond donors (Lipinski definition) is 0. The lowest BCUT2D eigenvalue weighted by Crippen LogP contribution is -1.98. The highest BCUT2D eigenvalue weighted by Crippen LogP contribution is 2.32. The predicted octanol–water partition coefficient (Wildman–Crippen LogP) is 3.99. The van der Waals surface area contributed by atoms with E-state index in [1.807, 2.05) is 32.0 Å². The monoisotopic (exact) mass is 297 g/mol. The maximum atomic E-state index is 11.4. The van der Waals surface area contributed by atoms with Crippen LogP contribution in [0.25, 0.3) is 0 Å². The molecule has 100 valence electrons. The predicted molar refractivity (Wildman–Crippen MR) is 74.5 cm³/mol. The number of rotatable bonds is 3. The zero-order valence-corrected chi connectivity index (χ0v) is 12.3. The lowest BCUT2D eigenvalue weighted by atomic mass is 10.1. The molecule has 1 heterocycles. The SMILES string of the molecule is COC(=O)c1sc(Oc2ccc(C)c(C)c2)nc1Cl. The standard InChI is InChI=1S/C13H12ClNO3S/c1-7-4-5-9(6-8(7)2)18-13-15-11(14)10(19-13)12(16)17-3/h4-6H,1-3H3. The molecule has 0 aliphatic heterocycles. The van der Waals surface area contributed by atoms with Crippen molar-refractivity contribution in [3.05, 3.63) is 39.4 Å². The average molecular weight is 298 g/mol. The Morgan fingerprint density at radius 1 is 1.32 bits per heavy atom. The number of esters is 1. The van der Waals surface area contributed by atoms with E-state index >= 15 is 0 Å². The second-order valence-corrected chi connectivity index (χ2v) is 5.26. The van der Waals surface area contributed by atoms with Gasteiger partial charge in [-0.1, -0.05) is 29.0 Å². The molecule has 0 amide bonds. The molecule has 2 aromatic rings. The van der Waals surface area contributed by atoms with Crippen molar-refractivity contribution in [3.63, 3.8) is 0 Å². The van der Waals surface area contributed by atoms with Crippen LogP contribution in [0.3, 0.4) is 0 Å². The Balaban J connectivity index is 2.24. The number of methoxy groups -OCH3 is 1. The third kappa shape index (κ3) is 3.05. The zero-order valence-electron chi connectivity index (χ0n) is 10.7. The van der Waals surface area contributed by atoms with Gasteiger partial charge < -0.3 is 9.47 Å². The number of carbonyl (C=O) groups is 1. The molecule has 0 fully saturated rings. The van der Waals surface area contributed by atoms with Crippen LogP contribution in [0, 0.1) is 13.8 Å². The van der Waals surface area contributed by atoms with Crippen LogP contribution < -0.4 is 4.74 Å². The lowest BCUT2D eigenvalue weighted by Gasteiger charge is -2.04. The molecule has 4 nitrogen and oxygen atoms in total. The zero-order chi connectivity index (χ0) is 14.0. The van der Waals surface area contributed by atoms with Gasteiger partial charge in [0.2, 0.25) is 0 Å². The van der Waals surface area contributed by atoms with Crippen LogP contribution in [0.5, 0.6) is 10.9 Å². The van der Waals surface area contributed by atoms with Gasteiger partial charge in [0.15, 0.2) is 10.0 Å². The molecule has 0 radical (unpaired) electrons. The molecular formula is C13H12ClNO3S. The third-order valence-corrected chi connectivity index (χ3v) is 3.92. The van der Waals surface area contributed by atoms with Gasteiger partial charge in [-0.05, 0) is 37.1 Å². The molecule has 1 aromatic heterocycles. The molecule has 0 bridgehead atoms. The Hall–Kier alpha value is -1.59. The van der Waals surface area contributed by atoms with Crippen molar-refractivity contribution in [1.82, 2.24) is 4.98 Å². The van der Waals surface area contributed by atoms with E-state index in [4.69, 9.17) is 16.3 Å². The minimum atomic E-state index is -0.516. The van der Waals surface area contributed by atoms with E-state index < -0.39 is 5.97 Å². The number of aromatic nitrogens is 1. The van der Waals surface area contributed by atoms with Gasteiger partial charge in [0.1, 0.15) is 5.75 Å². The summed E-state index contributed by atoms with van der Waals surface area (Å²) in [7, 11) is 1.29. The van der Waals surface area contributed by atoms with E-state index in [9.17, 15) is 4.79 Å². The van der Waals surface area contributed by atoms with Crippen LogP contribution in [-0.2, 0) is 4.74 Å². The number of carbonyl (C=O) groups excluding carboxylic acids is 1. The minimum absolute atomic E-state index is 0.0932. The Kier molecular flexibility index (Phi) is 4.07. The summed E-state index contributed by atoms with van der Waals surface area (Å²) in [4.78, 5) is 15.6. The lowest BCUT2D eigenvalue weighted by molar-refractivity contribution is 0.0606. The first-order valence-electron chi connectivity index (χ1n) is 5.51. The van der Waals surface area contributed by atoms with Crippen molar-refractivity contribution in [2.24, 2.45) is 0 Å². The van der Waals surface area contributed by atoms with Crippen molar-refractivity contribution < 1.29 is 14.3 Å². The molecule has 0 unspecified atom stereocenters. The van der Waals surface area contributed by atoms with E-state index in [1.165, 1.54) is 12.7 Å². The van der Waals surface area contributed by atoms with Crippen molar-refractivity contribution in [2.45, 2.75) is 13.8 Å². The largest absolute Gasteiger partial charge is 0.465 e. The maximum Gasteiger partial charge on any atom is 0.351 e. The third-order valence-electron chi connectivity index (χ3n) is 2.62. The van der Waals surface area contributed by atoms with Gasteiger partial charge >= 0.3 is 5.97 Å². The molecule has 19 heavy (non-hydrogen) atoms. The Bertz CT molecular complexity index is 624. The van der Waals surface area contributed by atoms with E-state index in [1.54, 1.807) is 0 Å². The second-order valence-electron chi connectivity index (χ2n) is 3.94. The van der Waals surface area contributed by atoms with Crippen LogP contribution in [0.2, 0.25) is 5.15 Å². The molecular weight excluding hydrogens is 286 g/mol. The van der Waals surface area contributed by atoms with Crippen LogP contribution in [0.1, 0.15) is 20.8 Å². The smallest absolute Gasteiger partial charge is 0.351 e. The Labute approximate surface area is 120 Å². The van der Waals surface area contributed by atoms with Gasteiger partial charge in [-0.25, -0.2) is 4.79 Å². The van der Waals surface area contributed by atoms with Crippen LogP contribution in [-0.4, -0.2) is 18.1 Å². The Morgan fingerprint density at radius 3 is 2.68 bits per heavy atom. The second kappa shape index (κ2) is 5.59. The van der Waals surface area contributed by atoms with Crippen molar-refractivity contribution in [1.29, 1.82) is 0 Å². The number of aryl methyl sites for hydroxylation is 2. The quantitative estimate of drug-likeness (QED) is 0.804. The summed E-state index contributed by atoms with van der Waals surface area (Å²) in [5, 5.41) is 0.407. The van der Waals surface area contributed by atoms with Crippen molar-refractivity contribution in [2.75, 3.05) is 7.11 Å². The molecule has 2 rings (SSSR count). The number of halogens is 1. The number of nitrogens with zero attached hydrogens (tertiary/aromatic N) is 1. The molecule has 0 saturated carbocycles. The molecule has 6 heteroatoms. The Morgan fingerprint density at radius 2 is 2.05 bits per heavy atom.